The molecule has 0 radical (unpaired) electrons. The maximum absolute atomic E-state index is 13.0. The average molecular weight is 498 g/mol. The Morgan fingerprint density at radius 3 is 2.39 bits per heavy atom. The molecule has 0 fully saturated rings. The monoisotopic (exact) mass is 497 g/mol. The smallest absolute Gasteiger partial charge is 0.270 e. The van der Waals surface area contributed by atoms with Crippen molar-refractivity contribution in [1.29, 1.82) is 0 Å². The van der Waals surface area contributed by atoms with Crippen molar-refractivity contribution in [3.05, 3.63) is 101 Å². The summed E-state index contributed by atoms with van der Waals surface area (Å²) in [7, 11) is 0. The highest BCUT2D eigenvalue weighted by atomic mass is 35.5. The van der Waals surface area contributed by atoms with Gasteiger partial charge in [-0.25, -0.2) is 4.98 Å². The Kier molecular flexibility index (Phi) is 6.68. The molecule has 9 heteroatoms. The SMILES string of the molecule is O=C(CCc1nnc(-c2ccccc2)o1)NNC(=O)c1cc(-c2ccc(Cl)cc2)nc2ccccc12. The third-order valence-electron chi connectivity index (χ3n) is 5.47. The molecular weight excluding hydrogens is 478 g/mol. The first kappa shape index (κ1) is 23.2. The van der Waals surface area contributed by atoms with Crippen LogP contribution in [0.5, 0.6) is 0 Å². The maximum atomic E-state index is 13.0. The Bertz CT molecular complexity index is 1530. The molecule has 0 spiro atoms. The van der Waals surface area contributed by atoms with Crippen molar-refractivity contribution in [1.82, 2.24) is 26.0 Å². The fourth-order valence-corrected chi connectivity index (χ4v) is 3.79. The van der Waals surface area contributed by atoms with Crippen LogP contribution in [0.2, 0.25) is 5.02 Å². The van der Waals surface area contributed by atoms with Gasteiger partial charge in [0.25, 0.3) is 5.91 Å². The first-order valence-electron chi connectivity index (χ1n) is 11.2. The highest BCUT2D eigenvalue weighted by Gasteiger charge is 2.16. The first-order valence-corrected chi connectivity index (χ1v) is 11.6. The molecule has 178 valence electrons. The molecule has 3 aromatic carbocycles. The van der Waals surface area contributed by atoms with Gasteiger partial charge < -0.3 is 4.42 Å². The van der Waals surface area contributed by atoms with E-state index in [-0.39, 0.29) is 18.7 Å². The largest absolute Gasteiger partial charge is 0.421 e. The van der Waals surface area contributed by atoms with Gasteiger partial charge >= 0.3 is 0 Å². The van der Waals surface area contributed by atoms with Crippen LogP contribution >= 0.6 is 11.6 Å². The molecule has 0 saturated heterocycles. The third kappa shape index (κ3) is 5.24. The molecule has 2 N–H and O–H groups in total. The van der Waals surface area contributed by atoms with E-state index in [2.05, 4.69) is 26.0 Å². The van der Waals surface area contributed by atoms with Crippen molar-refractivity contribution >= 4 is 34.3 Å². The van der Waals surface area contributed by atoms with Gasteiger partial charge in [0, 0.05) is 34.4 Å². The number of benzene rings is 3. The number of pyridine rings is 1. The van der Waals surface area contributed by atoms with Crippen molar-refractivity contribution in [3.63, 3.8) is 0 Å². The van der Waals surface area contributed by atoms with Gasteiger partial charge in [-0.2, -0.15) is 0 Å². The summed E-state index contributed by atoms with van der Waals surface area (Å²) in [5, 5.41) is 9.28. The molecule has 0 saturated carbocycles. The lowest BCUT2D eigenvalue weighted by Gasteiger charge is -2.11. The number of hydrogen-bond acceptors (Lipinski definition) is 6. The van der Waals surface area contributed by atoms with Gasteiger partial charge in [0.05, 0.1) is 16.8 Å². The molecule has 36 heavy (non-hydrogen) atoms. The van der Waals surface area contributed by atoms with Crippen LogP contribution in [-0.2, 0) is 11.2 Å². The molecule has 2 aromatic heterocycles. The van der Waals surface area contributed by atoms with Crippen molar-refractivity contribution in [2.75, 3.05) is 0 Å². The number of fused-ring (bicyclic) bond motifs is 1. The van der Waals surface area contributed by atoms with Gasteiger partial charge in [0.1, 0.15) is 0 Å². The van der Waals surface area contributed by atoms with E-state index in [1.165, 1.54) is 0 Å². The maximum Gasteiger partial charge on any atom is 0.270 e. The number of amides is 2. The van der Waals surface area contributed by atoms with Crippen molar-refractivity contribution < 1.29 is 14.0 Å². The van der Waals surface area contributed by atoms with Crippen LogP contribution in [0.25, 0.3) is 33.6 Å². The Hall–Kier alpha value is -4.56. The summed E-state index contributed by atoms with van der Waals surface area (Å²) in [6.07, 6.45) is 0.296. The zero-order valence-corrected chi connectivity index (χ0v) is 19.7. The summed E-state index contributed by atoms with van der Waals surface area (Å²) in [6.45, 7) is 0. The molecule has 8 nitrogen and oxygen atoms in total. The average Bonchev–Trinajstić information content (AvgIpc) is 3.40. The van der Waals surface area contributed by atoms with E-state index in [1.807, 2.05) is 66.7 Å². The van der Waals surface area contributed by atoms with E-state index in [0.29, 0.717) is 39.0 Å². The number of rotatable bonds is 6. The molecule has 5 rings (SSSR count). The number of hydrogen-bond donors (Lipinski definition) is 2. The molecule has 0 atom stereocenters. The second kappa shape index (κ2) is 10.4. The van der Waals surface area contributed by atoms with Crippen molar-refractivity contribution in [2.24, 2.45) is 0 Å². The Morgan fingerprint density at radius 1 is 0.833 bits per heavy atom. The lowest BCUT2D eigenvalue weighted by atomic mass is 10.0. The Labute approximate surface area is 211 Å². The van der Waals surface area contributed by atoms with Crippen molar-refractivity contribution in [2.45, 2.75) is 12.8 Å². The third-order valence-corrected chi connectivity index (χ3v) is 5.72. The van der Waals surface area contributed by atoms with Crippen LogP contribution in [0, 0.1) is 0 Å². The van der Waals surface area contributed by atoms with E-state index in [0.717, 1.165) is 11.1 Å². The van der Waals surface area contributed by atoms with E-state index in [1.54, 1.807) is 18.2 Å². The molecule has 0 aliphatic carbocycles. The number of aromatic nitrogens is 3. The summed E-state index contributed by atoms with van der Waals surface area (Å²) >= 11 is 6.00. The second-order valence-corrected chi connectivity index (χ2v) is 8.38. The number of nitrogens with one attached hydrogen (secondary N) is 2. The van der Waals surface area contributed by atoms with Crippen LogP contribution in [0.4, 0.5) is 0 Å². The lowest BCUT2D eigenvalue weighted by Crippen LogP contribution is -2.41. The number of carbonyl (C=O) groups excluding carboxylic acids is 2. The molecule has 0 bridgehead atoms. The number of hydrazine groups is 1. The molecule has 0 aliphatic heterocycles. The minimum atomic E-state index is -0.457. The number of carbonyl (C=O) groups is 2. The summed E-state index contributed by atoms with van der Waals surface area (Å²) in [5.74, 6) is -0.121. The van der Waals surface area contributed by atoms with Gasteiger partial charge in [0.15, 0.2) is 0 Å². The van der Waals surface area contributed by atoms with E-state index >= 15 is 0 Å². The van der Waals surface area contributed by atoms with Gasteiger partial charge in [-0.3, -0.25) is 20.4 Å². The molecule has 5 aromatic rings. The van der Waals surface area contributed by atoms with Crippen LogP contribution in [0.3, 0.4) is 0 Å². The first-order chi connectivity index (χ1) is 17.6. The van der Waals surface area contributed by atoms with Crippen LogP contribution in [-0.4, -0.2) is 27.0 Å². The van der Waals surface area contributed by atoms with Crippen LogP contribution in [0.1, 0.15) is 22.7 Å². The zero-order valence-electron chi connectivity index (χ0n) is 18.9. The fraction of sp³-hybridized carbons (Fsp3) is 0.0741. The minimum Gasteiger partial charge on any atom is -0.421 e. The summed E-state index contributed by atoms with van der Waals surface area (Å²) in [6, 6.07) is 25.6. The highest BCUT2D eigenvalue weighted by molar-refractivity contribution is 6.30. The predicted octanol–water partition coefficient (Wildman–Crippen LogP) is 5.00. The number of para-hydroxylation sites is 1. The van der Waals surface area contributed by atoms with Crippen LogP contribution < -0.4 is 10.9 Å². The van der Waals surface area contributed by atoms with E-state index in [9.17, 15) is 9.59 Å². The minimum absolute atomic E-state index is 0.0593. The van der Waals surface area contributed by atoms with Gasteiger partial charge in [-0.05, 0) is 36.4 Å². The molecule has 2 amide bonds. The van der Waals surface area contributed by atoms with Crippen LogP contribution in [0.15, 0.2) is 89.3 Å². The van der Waals surface area contributed by atoms with E-state index < -0.39 is 5.91 Å². The second-order valence-electron chi connectivity index (χ2n) is 7.95. The van der Waals surface area contributed by atoms with E-state index in [4.69, 9.17) is 16.0 Å². The number of aryl methyl sites for hydroxylation is 1. The summed E-state index contributed by atoms with van der Waals surface area (Å²) in [4.78, 5) is 30.1. The number of halogens is 1. The Balaban J connectivity index is 1.25. The van der Waals surface area contributed by atoms with Gasteiger partial charge in [0.2, 0.25) is 17.7 Å². The Morgan fingerprint density at radius 2 is 1.58 bits per heavy atom. The molecule has 0 unspecified atom stereocenters. The van der Waals surface area contributed by atoms with Gasteiger partial charge in [-0.15, -0.1) is 10.2 Å². The molecule has 0 aliphatic rings. The normalized spacial score (nSPS) is 10.8. The number of nitrogens with zero attached hydrogens (tertiary/aromatic N) is 3. The highest BCUT2D eigenvalue weighted by Crippen LogP contribution is 2.26. The van der Waals surface area contributed by atoms with Gasteiger partial charge in [-0.1, -0.05) is 60.1 Å². The predicted molar refractivity (Wildman–Crippen MR) is 136 cm³/mol. The lowest BCUT2D eigenvalue weighted by molar-refractivity contribution is -0.121. The summed E-state index contributed by atoms with van der Waals surface area (Å²) in [5.41, 5.74) is 8.23. The standard InChI is InChI=1S/C27H20ClN5O3/c28-19-12-10-17(11-13-19)23-16-21(20-8-4-5-9-22(20)29-23)26(35)32-30-24(34)14-15-25-31-33-27(36-25)18-6-2-1-3-7-18/h1-13,16H,14-15H2,(H,30,34)(H,32,35). The topological polar surface area (TPSA) is 110 Å². The molecular formula is C27H20ClN5O3. The zero-order chi connectivity index (χ0) is 24.9. The van der Waals surface area contributed by atoms with Crippen molar-refractivity contribution in [3.8, 4) is 22.7 Å². The fourth-order valence-electron chi connectivity index (χ4n) is 3.66. The summed E-state index contributed by atoms with van der Waals surface area (Å²) < 4.78 is 5.62. The quantitative estimate of drug-likeness (QED) is 0.319. The molecule has 2 heterocycles.